The number of hydrogen-bond donors (Lipinski definition) is 1. The number of nitrogens with zero attached hydrogens (tertiary/aromatic N) is 1. The third kappa shape index (κ3) is 7.27. The first-order valence-electron chi connectivity index (χ1n) is 5.35. The number of methoxy groups -OCH3 is 1. The molecule has 1 N–H and O–H groups in total. The molecule has 0 heterocycles. The number of amides is 2. The van der Waals surface area contributed by atoms with Crippen molar-refractivity contribution >= 4 is 17.8 Å². The van der Waals surface area contributed by atoms with Crippen molar-refractivity contribution in [2.75, 3.05) is 26.7 Å². The molecule has 0 atom stereocenters. The zero-order valence-corrected chi connectivity index (χ0v) is 10.5. The molecule has 0 spiro atoms. The Morgan fingerprint density at radius 2 is 1.79 bits per heavy atom. The normalized spacial score (nSPS) is 10.8. The van der Waals surface area contributed by atoms with Crippen LogP contribution in [0.15, 0.2) is 0 Å². The lowest BCUT2D eigenvalue weighted by atomic mass is 10.3. The lowest BCUT2D eigenvalue weighted by Crippen LogP contribution is -2.45. The maximum Gasteiger partial charge on any atom is 0.471 e. The van der Waals surface area contributed by atoms with Gasteiger partial charge >= 0.3 is 18.1 Å². The van der Waals surface area contributed by atoms with Gasteiger partial charge in [0.2, 0.25) is 5.91 Å². The highest BCUT2D eigenvalue weighted by molar-refractivity contribution is 5.82. The molecule has 0 radical (unpaired) electrons. The van der Waals surface area contributed by atoms with Crippen LogP contribution < -0.4 is 5.32 Å². The minimum atomic E-state index is -5.02. The maximum atomic E-state index is 12.3. The van der Waals surface area contributed by atoms with Crippen molar-refractivity contribution in [2.24, 2.45) is 0 Å². The summed E-state index contributed by atoms with van der Waals surface area (Å²) >= 11 is 0. The molecule has 110 valence electrons. The minimum absolute atomic E-state index is 0.127. The van der Waals surface area contributed by atoms with Crippen LogP contribution >= 0.6 is 0 Å². The van der Waals surface area contributed by atoms with Crippen LogP contribution in [0.3, 0.4) is 0 Å². The van der Waals surface area contributed by atoms with Gasteiger partial charge in [-0.25, -0.2) is 0 Å². The van der Waals surface area contributed by atoms with E-state index in [0.717, 1.165) is 7.11 Å². The Morgan fingerprint density at radius 3 is 2.21 bits per heavy atom. The summed E-state index contributed by atoms with van der Waals surface area (Å²) in [5, 5.41) is 2.27. The fourth-order valence-corrected chi connectivity index (χ4v) is 1.19. The topological polar surface area (TPSA) is 75.7 Å². The van der Waals surface area contributed by atoms with Gasteiger partial charge < -0.3 is 15.0 Å². The quantitative estimate of drug-likeness (QED) is 0.701. The molecule has 0 aromatic heterocycles. The van der Waals surface area contributed by atoms with Crippen LogP contribution in [-0.2, 0) is 19.1 Å². The largest absolute Gasteiger partial charge is 0.471 e. The van der Waals surface area contributed by atoms with E-state index in [1.54, 1.807) is 0 Å². The second-order valence-electron chi connectivity index (χ2n) is 3.60. The maximum absolute atomic E-state index is 12.3. The van der Waals surface area contributed by atoms with Gasteiger partial charge in [0.1, 0.15) is 0 Å². The summed E-state index contributed by atoms with van der Waals surface area (Å²) in [6.45, 7) is 0.308. The van der Waals surface area contributed by atoms with Crippen LogP contribution in [0.5, 0.6) is 0 Å². The fraction of sp³-hybridized carbons (Fsp3) is 0.700. The molecule has 0 saturated heterocycles. The fourth-order valence-electron chi connectivity index (χ4n) is 1.19. The number of carbonyl (C=O) groups excluding carboxylic acids is 3. The van der Waals surface area contributed by atoms with E-state index >= 15 is 0 Å². The van der Waals surface area contributed by atoms with Gasteiger partial charge in [0, 0.05) is 26.6 Å². The van der Waals surface area contributed by atoms with Crippen molar-refractivity contribution in [1.29, 1.82) is 0 Å². The second-order valence-corrected chi connectivity index (χ2v) is 3.60. The van der Waals surface area contributed by atoms with E-state index in [9.17, 15) is 27.6 Å². The number of ether oxygens (including phenoxy) is 1. The average molecular weight is 284 g/mol. The van der Waals surface area contributed by atoms with E-state index in [1.165, 1.54) is 6.92 Å². The van der Waals surface area contributed by atoms with Crippen LogP contribution in [0.1, 0.15) is 13.3 Å². The molecule has 0 fully saturated rings. The predicted molar refractivity (Wildman–Crippen MR) is 58.0 cm³/mol. The number of carbonyl (C=O) groups is 3. The van der Waals surface area contributed by atoms with Crippen LogP contribution in [-0.4, -0.2) is 55.6 Å². The zero-order chi connectivity index (χ0) is 15.1. The number of halogens is 3. The molecule has 19 heavy (non-hydrogen) atoms. The Balaban J connectivity index is 4.50. The van der Waals surface area contributed by atoms with Gasteiger partial charge in [-0.1, -0.05) is 0 Å². The number of alkyl halides is 3. The molecule has 9 heteroatoms. The van der Waals surface area contributed by atoms with Gasteiger partial charge in [0.15, 0.2) is 0 Å². The van der Waals surface area contributed by atoms with E-state index in [0.29, 0.717) is 4.90 Å². The van der Waals surface area contributed by atoms with E-state index in [2.05, 4.69) is 10.1 Å². The molecular weight excluding hydrogens is 269 g/mol. The summed E-state index contributed by atoms with van der Waals surface area (Å²) in [4.78, 5) is 33.0. The highest BCUT2D eigenvalue weighted by Crippen LogP contribution is 2.18. The highest BCUT2D eigenvalue weighted by atomic mass is 19.4. The van der Waals surface area contributed by atoms with Crippen molar-refractivity contribution in [3.8, 4) is 0 Å². The summed E-state index contributed by atoms with van der Waals surface area (Å²) in [6, 6.07) is 0. The van der Waals surface area contributed by atoms with Gasteiger partial charge in [-0.15, -0.1) is 0 Å². The van der Waals surface area contributed by atoms with Gasteiger partial charge in [0.25, 0.3) is 0 Å². The second kappa shape index (κ2) is 7.59. The molecule has 0 aliphatic heterocycles. The first-order valence-corrected chi connectivity index (χ1v) is 5.35. The Morgan fingerprint density at radius 1 is 1.21 bits per heavy atom. The highest BCUT2D eigenvalue weighted by Gasteiger charge is 2.42. The van der Waals surface area contributed by atoms with Gasteiger partial charge in [0.05, 0.1) is 13.5 Å². The molecule has 2 amide bonds. The monoisotopic (exact) mass is 284 g/mol. The van der Waals surface area contributed by atoms with Crippen molar-refractivity contribution in [1.82, 2.24) is 10.2 Å². The molecular formula is C10H15F3N2O4. The van der Waals surface area contributed by atoms with E-state index < -0.39 is 30.5 Å². The third-order valence-corrected chi connectivity index (χ3v) is 2.10. The van der Waals surface area contributed by atoms with Crippen molar-refractivity contribution in [2.45, 2.75) is 19.5 Å². The van der Waals surface area contributed by atoms with Crippen LogP contribution in [0, 0.1) is 0 Å². The Bertz CT molecular complexity index is 344. The first kappa shape index (κ1) is 17.2. The number of rotatable bonds is 6. The number of esters is 1. The van der Waals surface area contributed by atoms with E-state index in [1.807, 2.05) is 0 Å². The predicted octanol–water partition coefficient (Wildman–Crippen LogP) is 0.0765. The summed E-state index contributed by atoms with van der Waals surface area (Å²) in [5.74, 6) is -3.20. The summed E-state index contributed by atoms with van der Waals surface area (Å²) in [7, 11) is 1.09. The van der Waals surface area contributed by atoms with Gasteiger partial charge in [-0.05, 0) is 0 Å². The standard InChI is InChI=1S/C10H15F3N2O4/c1-7(16)14-4-6-15(5-3-8(17)19-2)9(18)10(11,12)13/h3-6H2,1-2H3,(H,14,16). The lowest BCUT2D eigenvalue weighted by Gasteiger charge is -2.23. The van der Waals surface area contributed by atoms with Crippen molar-refractivity contribution in [3.05, 3.63) is 0 Å². The molecule has 0 aliphatic rings. The molecule has 0 unspecified atom stereocenters. The van der Waals surface area contributed by atoms with E-state index in [-0.39, 0.29) is 19.5 Å². The summed E-state index contributed by atoms with van der Waals surface area (Å²) in [6.07, 6.45) is -5.37. The van der Waals surface area contributed by atoms with E-state index in [4.69, 9.17) is 0 Å². The molecule has 0 aromatic carbocycles. The molecule has 0 aliphatic carbocycles. The number of nitrogens with one attached hydrogen (secondary N) is 1. The van der Waals surface area contributed by atoms with Crippen molar-refractivity contribution < 1.29 is 32.3 Å². The summed E-state index contributed by atoms with van der Waals surface area (Å²) < 4.78 is 41.2. The van der Waals surface area contributed by atoms with Crippen LogP contribution in [0.4, 0.5) is 13.2 Å². The zero-order valence-electron chi connectivity index (χ0n) is 10.5. The molecule has 0 bridgehead atoms. The third-order valence-electron chi connectivity index (χ3n) is 2.10. The smallest absolute Gasteiger partial charge is 0.469 e. The number of hydrogen-bond acceptors (Lipinski definition) is 4. The Hall–Kier alpha value is -1.80. The molecule has 0 aromatic rings. The summed E-state index contributed by atoms with van der Waals surface area (Å²) in [5.41, 5.74) is 0. The van der Waals surface area contributed by atoms with Crippen LogP contribution in [0.25, 0.3) is 0 Å². The SMILES string of the molecule is COC(=O)CCN(CCNC(C)=O)C(=O)C(F)(F)F. The van der Waals surface area contributed by atoms with Gasteiger partial charge in [-0.2, -0.15) is 13.2 Å². The van der Waals surface area contributed by atoms with Crippen LogP contribution in [0.2, 0.25) is 0 Å². The van der Waals surface area contributed by atoms with Crippen molar-refractivity contribution in [3.63, 3.8) is 0 Å². The molecule has 6 nitrogen and oxygen atoms in total. The average Bonchev–Trinajstić information content (AvgIpc) is 2.30. The molecule has 0 rings (SSSR count). The lowest BCUT2D eigenvalue weighted by molar-refractivity contribution is -0.185. The van der Waals surface area contributed by atoms with Gasteiger partial charge in [-0.3, -0.25) is 14.4 Å². The Labute approximate surface area is 107 Å². The Kier molecular flexibility index (Phi) is 6.87. The first-order chi connectivity index (χ1) is 8.68. The minimum Gasteiger partial charge on any atom is -0.469 e. The molecule has 0 saturated carbocycles.